The van der Waals surface area contributed by atoms with E-state index in [9.17, 15) is 20.1 Å². The molecule has 0 unspecified atom stereocenters. The van der Waals surface area contributed by atoms with Crippen LogP contribution in [0.15, 0.2) is 45.6 Å². The van der Waals surface area contributed by atoms with E-state index in [0.717, 1.165) is 11.6 Å². The van der Waals surface area contributed by atoms with Crippen LogP contribution in [0, 0.1) is 0 Å². The zero-order valence-corrected chi connectivity index (χ0v) is 17.8. The van der Waals surface area contributed by atoms with Crippen LogP contribution in [0.2, 0.25) is 0 Å². The predicted molar refractivity (Wildman–Crippen MR) is 118 cm³/mol. The van der Waals surface area contributed by atoms with Crippen molar-refractivity contribution in [3.63, 3.8) is 0 Å². The van der Waals surface area contributed by atoms with E-state index < -0.39 is 22.3 Å². The van der Waals surface area contributed by atoms with Crippen LogP contribution >= 0.6 is 0 Å². The number of phenols is 3. The van der Waals surface area contributed by atoms with Gasteiger partial charge >= 0.3 is 0 Å². The second-order valence-corrected chi connectivity index (χ2v) is 8.12. The maximum atomic E-state index is 13.3. The van der Waals surface area contributed by atoms with Crippen molar-refractivity contribution in [3.8, 4) is 23.0 Å². The maximum Gasteiger partial charge on any atom is 0.204 e. The minimum absolute atomic E-state index is 0.00419. The minimum atomic E-state index is -0.707. The Morgan fingerprint density at radius 1 is 1.20 bits per heavy atom. The molecular formula is C24H26O6. The molecule has 6 heteroatoms. The molecule has 158 valence electrons. The van der Waals surface area contributed by atoms with Gasteiger partial charge in [0.15, 0.2) is 11.5 Å². The summed E-state index contributed by atoms with van der Waals surface area (Å²) in [5, 5.41) is 30.9. The summed E-state index contributed by atoms with van der Waals surface area (Å²) in [4.78, 5) is 13.3. The van der Waals surface area contributed by atoms with E-state index in [2.05, 4.69) is 6.58 Å². The molecule has 1 aromatic heterocycles. The van der Waals surface area contributed by atoms with Crippen LogP contribution in [0.4, 0.5) is 0 Å². The van der Waals surface area contributed by atoms with Crippen molar-refractivity contribution in [3.05, 3.63) is 57.8 Å². The summed E-state index contributed by atoms with van der Waals surface area (Å²) in [7, 11) is 1.50. The molecule has 30 heavy (non-hydrogen) atoms. The maximum absolute atomic E-state index is 13.3. The zero-order chi connectivity index (χ0) is 22.4. The lowest BCUT2D eigenvalue weighted by Crippen LogP contribution is -2.18. The Labute approximate surface area is 174 Å². The Bertz CT molecular complexity index is 1260. The number of methoxy groups -OCH3 is 1. The summed E-state index contributed by atoms with van der Waals surface area (Å²) in [5.74, 6) is -0.696. The molecule has 0 amide bonds. The Kier molecular flexibility index (Phi) is 5.29. The normalized spacial score (nSPS) is 11.6. The highest BCUT2D eigenvalue weighted by atomic mass is 16.5. The Balaban J connectivity index is 2.64. The van der Waals surface area contributed by atoms with Gasteiger partial charge in [0.25, 0.3) is 0 Å². The standard InChI is InChI=1S/C24H26O6/c1-7-24(4,5)19-21(28)18-20(27)14-10-15(25)16(26)11-17(14)30-22(18)13(23(19)29-6)9-8-12(2)3/h7-8,10-11,25-26,28H,1,9H2,2-6H3. The van der Waals surface area contributed by atoms with Gasteiger partial charge in [0.1, 0.15) is 28.1 Å². The second kappa shape index (κ2) is 7.44. The molecule has 0 radical (unpaired) electrons. The highest BCUT2D eigenvalue weighted by molar-refractivity contribution is 5.98. The molecule has 0 aliphatic carbocycles. The lowest BCUT2D eigenvalue weighted by atomic mass is 9.81. The van der Waals surface area contributed by atoms with Gasteiger partial charge in [-0.15, -0.1) is 6.58 Å². The number of aromatic hydroxyl groups is 3. The summed E-state index contributed by atoms with van der Waals surface area (Å²) < 4.78 is 11.7. The van der Waals surface area contributed by atoms with Crippen molar-refractivity contribution in [2.75, 3.05) is 7.11 Å². The first-order chi connectivity index (χ1) is 14.0. The highest BCUT2D eigenvalue weighted by Crippen LogP contribution is 2.47. The number of hydrogen-bond donors (Lipinski definition) is 3. The molecule has 0 fully saturated rings. The number of allylic oxidation sites excluding steroid dienone is 3. The van der Waals surface area contributed by atoms with Crippen LogP contribution < -0.4 is 10.2 Å². The number of benzene rings is 2. The molecule has 3 N–H and O–H groups in total. The van der Waals surface area contributed by atoms with Crippen molar-refractivity contribution >= 4 is 21.9 Å². The van der Waals surface area contributed by atoms with Gasteiger partial charge in [0.2, 0.25) is 5.43 Å². The van der Waals surface area contributed by atoms with Gasteiger partial charge in [-0.1, -0.05) is 31.6 Å². The Morgan fingerprint density at radius 3 is 2.40 bits per heavy atom. The first kappa shape index (κ1) is 21.3. The molecular weight excluding hydrogens is 384 g/mol. The van der Waals surface area contributed by atoms with Crippen molar-refractivity contribution in [1.29, 1.82) is 0 Å². The first-order valence-corrected chi connectivity index (χ1v) is 9.55. The lowest BCUT2D eigenvalue weighted by molar-refractivity contribution is 0.385. The molecule has 0 atom stereocenters. The van der Waals surface area contributed by atoms with Gasteiger partial charge in [-0.2, -0.15) is 0 Å². The Hall–Kier alpha value is -3.41. The molecule has 6 nitrogen and oxygen atoms in total. The zero-order valence-electron chi connectivity index (χ0n) is 17.8. The third-order valence-electron chi connectivity index (χ3n) is 5.31. The monoisotopic (exact) mass is 410 g/mol. The smallest absolute Gasteiger partial charge is 0.204 e. The van der Waals surface area contributed by atoms with E-state index in [1.165, 1.54) is 13.2 Å². The van der Waals surface area contributed by atoms with Crippen molar-refractivity contribution < 1.29 is 24.5 Å². The van der Waals surface area contributed by atoms with Crippen LogP contribution in [0.5, 0.6) is 23.0 Å². The average molecular weight is 410 g/mol. The van der Waals surface area contributed by atoms with E-state index in [-0.39, 0.29) is 27.7 Å². The van der Waals surface area contributed by atoms with Crippen molar-refractivity contribution in [1.82, 2.24) is 0 Å². The summed E-state index contributed by atoms with van der Waals surface area (Å²) in [6, 6.07) is 2.31. The van der Waals surface area contributed by atoms with Crippen molar-refractivity contribution in [2.24, 2.45) is 0 Å². The molecule has 2 aromatic carbocycles. The fourth-order valence-corrected chi connectivity index (χ4v) is 3.55. The predicted octanol–water partition coefficient (Wildman–Crippen LogP) is 5.04. The summed E-state index contributed by atoms with van der Waals surface area (Å²) in [6.45, 7) is 11.5. The fourth-order valence-electron chi connectivity index (χ4n) is 3.55. The quantitative estimate of drug-likeness (QED) is 0.309. The molecule has 0 bridgehead atoms. The van der Waals surface area contributed by atoms with E-state index in [1.54, 1.807) is 6.08 Å². The van der Waals surface area contributed by atoms with E-state index >= 15 is 0 Å². The molecule has 0 saturated carbocycles. The van der Waals surface area contributed by atoms with E-state index in [0.29, 0.717) is 23.3 Å². The summed E-state index contributed by atoms with van der Waals surface area (Å²) in [6.07, 6.45) is 4.05. The molecule has 1 heterocycles. The van der Waals surface area contributed by atoms with E-state index in [4.69, 9.17) is 9.15 Å². The van der Waals surface area contributed by atoms with Crippen LogP contribution in [-0.2, 0) is 11.8 Å². The topological polar surface area (TPSA) is 100 Å². The van der Waals surface area contributed by atoms with Gasteiger partial charge in [0.05, 0.1) is 12.5 Å². The third kappa shape index (κ3) is 3.28. The number of fused-ring (bicyclic) bond motifs is 2. The summed E-state index contributed by atoms with van der Waals surface area (Å²) in [5.41, 5.74) is 1.14. The van der Waals surface area contributed by atoms with Gasteiger partial charge < -0.3 is 24.5 Å². The fraction of sp³-hybridized carbons (Fsp3) is 0.292. The van der Waals surface area contributed by atoms with Crippen LogP contribution in [0.1, 0.15) is 38.8 Å². The van der Waals surface area contributed by atoms with Gasteiger partial charge in [-0.3, -0.25) is 4.79 Å². The highest BCUT2D eigenvalue weighted by Gasteiger charge is 2.32. The SMILES string of the molecule is C=CC(C)(C)c1c(OC)c(CC=C(C)C)c2oc3cc(O)c(O)cc3c(=O)c2c1O. The Morgan fingerprint density at radius 2 is 1.83 bits per heavy atom. The van der Waals surface area contributed by atoms with Crippen LogP contribution in [-0.4, -0.2) is 22.4 Å². The minimum Gasteiger partial charge on any atom is -0.507 e. The molecule has 0 aliphatic rings. The largest absolute Gasteiger partial charge is 0.507 e. The molecule has 0 aliphatic heterocycles. The van der Waals surface area contributed by atoms with Crippen molar-refractivity contribution in [2.45, 2.75) is 39.5 Å². The molecule has 3 rings (SSSR count). The third-order valence-corrected chi connectivity index (χ3v) is 5.31. The van der Waals surface area contributed by atoms with Crippen LogP contribution in [0.3, 0.4) is 0 Å². The number of rotatable bonds is 5. The molecule has 3 aromatic rings. The number of hydrogen-bond acceptors (Lipinski definition) is 6. The van der Waals surface area contributed by atoms with Gasteiger partial charge in [-0.05, 0) is 26.3 Å². The summed E-state index contributed by atoms with van der Waals surface area (Å²) >= 11 is 0. The first-order valence-electron chi connectivity index (χ1n) is 9.55. The number of ether oxygens (including phenoxy) is 1. The van der Waals surface area contributed by atoms with Gasteiger partial charge in [0, 0.05) is 22.6 Å². The van der Waals surface area contributed by atoms with E-state index in [1.807, 2.05) is 33.8 Å². The molecule has 0 spiro atoms. The van der Waals surface area contributed by atoms with Crippen LogP contribution in [0.25, 0.3) is 21.9 Å². The van der Waals surface area contributed by atoms with Gasteiger partial charge in [-0.25, -0.2) is 0 Å². The number of phenolic OH excluding ortho intramolecular Hbond substituents is 3. The lowest BCUT2D eigenvalue weighted by Gasteiger charge is -2.27. The average Bonchev–Trinajstić information content (AvgIpc) is 2.67. The second-order valence-electron chi connectivity index (χ2n) is 8.12. The molecule has 0 saturated heterocycles.